The predicted molar refractivity (Wildman–Crippen MR) is 91.7 cm³/mol. The van der Waals surface area contributed by atoms with Gasteiger partial charge in [0, 0.05) is 25.2 Å². The van der Waals surface area contributed by atoms with Gasteiger partial charge in [-0.3, -0.25) is 4.90 Å². The van der Waals surface area contributed by atoms with Crippen LogP contribution in [0, 0.1) is 11.3 Å². The molecule has 0 radical (unpaired) electrons. The molecule has 2 fully saturated rings. The molecule has 1 aliphatic heterocycles. The van der Waals surface area contributed by atoms with Crippen molar-refractivity contribution in [3.63, 3.8) is 0 Å². The lowest BCUT2D eigenvalue weighted by Gasteiger charge is -2.43. The van der Waals surface area contributed by atoms with E-state index in [9.17, 15) is 0 Å². The van der Waals surface area contributed by atoms with Crippen molar-refractivity contribution in [2.45, 2.75) is 65.0 Å². The molecule has 1 aliphatic carbocycles. The van der Waals surface area contributed by atoms with Crippen LogP contribution in [0.2, 0.25) is 0 Å². The van der Waals surface area contributed by atoms with Crippen molar-refractivity contribution in [3.8, 4) is 0 Å². The third-order valence-electron chi connectivity index (χ3n) is 5.53. The van der Waals surface area contributed by atoms with Crippen molar-refractivity contribution in [2.24, 2.45) is 11.3 Å². The highest BCUT2D eigenvalue weighted by molar-refractivity contribution is 4.92. The number of rotatable bonds is 6. The Hall–Kier alpha value is -0.120. The van der Waals surface area contributed by atoms with E-state index < -0.39 is 0 Å². The Morgan fingerprint density at radius 1 is 1.24 bits per heavy atom. The molecule has 124 valence electrons. The van der Waals surface area contributed by atoms with Gasteiger partial charge in [-0.25, -0.2) is 0 Å². The minimum Gasteiger partial charge on any atom is -0.314 e. The Kier molecular flexibility index (Phi) is 6.10. The van der Waals surface area contributed by atoms with E-state index in [1.165, 1.54) is 51.7 Å². The molecule has 21 heavy (non-hydrogen) atoms. The second kappa shape index (κ2) is 7.43. The molecule has 3 unspecified atom stereocenters. The smallest absolute Gasteiger partial charge is 0.0223 e. The Balaban J connectivity index is 1.96. The van der Waals surface area contributed by atoms with Crippen LogP contribution in [0.5, 0.6) is 0 Å². The fraction of sp³-hybridized carbons (Fsp3) is 1.00. The van der Waals surface area contributed by atoms with Gasteiger partial charge >= 0.3 is 0 Å². The molecule has 1 saturated carbocycles. The van der Waals surface area contributed by atoms with Crippen LogP contribution in [0.3, 0.4) is 0 Å². The maximum Gasteiger partial charge on any atom is 0.0223 e. The fourth-order valence-corrected chi connectivity index (χ4v) is 4.52. The van der Waals surface area contributed by atoms with Gasteiger partial charge in [-0.2, -0.15) is 0 Å². The molecular formula is C18H37N3. The quantitative estimate of drug-likeness (QED) is 0.813. The maximum atomic E-state index is 3.76. The first-order valence-corrected chi connectivity index (χ1v) is 9.03. The summed E-state index contributed by atoms with van der Waals surface area (Å²) in [6.45, 7) is 12.1. The zero-order chi connectivity index (χ0) is 15.5. The van der Waals surface area contributed by atoms with Crippen LogP contribution >= 0.6 is 0 Å². The molecule has 0 bridgehead atoms. The third-order valence-corrected chi connectivity index (χ3v) is 5.53. The summed E-state index contributed by atoms with van der Waals surface area (Å²) in [5.74, 6) is 0.830. The van der Waals surface area contributed by atoms with Crippen molar-refractivity contribution in [1.29, 1.82) is 0 Å². The molecule has 1 saturated heterocycles. The zero-order valence-electron chi connectivity index (χ0n) is 15.0. The molecule has 1 heterocycles. The summed E-state index contributed by atoms with van der Waals surface area (Å²) in [6.07, 6.45) is 6.90. The summed E-state index contributed by atoms with van der Waals surface area (Å²) >= 11 is 0. The second-order valence-electron chi connectivity index (χ2n) is 8.38. The summed E-state index contributed by atoms with van der Waals surface area (Å²) in [6, 6.07) is 1.52. The van der Waals surface area contributed by atoms with Crippen molar-refractivity contribution in [2.75, 3.05) is 40.3 Å². The second-order valence-corrected chi connectivity index (χ2v) is 8.38. The van der Waals surface area contributed by atoms with Crippen LogP contribution in [-0.4, -0.2) is 62.2 Å². The highest BCUT2D eigenvalue weighted by Gasteiger charge is 2.37. The predicted octanol–water partition coefficient (Wildman–Crippen LogP) is 2.82. The van der Waals surface area contributed by atoms with Gasteiger partial charge in [0.15, 0.2) is 0 Å². The number of likely N-dealkylation sites (tertiary alicyclic amines) is 1. The van der Waals surface area contributed by atoms with Gasteiger partial charge in [-0.1, -0.05) is 20.8 Å². The van der Waals surface area contributed by atoms with E-state index >= 15 is 0 Å². The largest absolute Gasteiger partial charge is 0.314 e. The molecule has 0 aromatic rings. The molecule has 3 heteroatoms. The minimum absolute atomic E-state index is 0.535. The van der Waals surface area contributed by atoms with E-state index in [4.69, 9.17) is 0 Å². The van der Waals surface area contributed by atoms with Crippen molar-refractivity contribution in [1.82, 2.24) is 15.1 Å². The summed E-state index contributed by atoms with van der Waals surface area (Å²) in [5, 5.41) is 3.76. The average Bonchev–Trinajstić information content (AvgIpc) is 2.79. The average molecular weight is 296 g/mol. The SMILES string of the molecule is CCNC1CCC(C)(C)CC1CN1CCCC1CN(C)C. The van der Waals surface area contributed by atoms with E-state index in [-0.39, 0.29) is 0 Å². The molecule has 0 aromatic heterocycles. The number of nitrogens with zero attached hydrogens (tertiary/aromatic N) is 2. The van der Waals surface area contributed by atoms with Crippen LogP contribution in [0.15, 0.2) is 0 Å². The Labute approximate surface area is 132 Å². The summed E-state index contributed by atoms with van der Waals surface area (Å²) in [5.41, 5.74) is 0.535. The van der Waals surface area contributed by atoms with Crippen LogP contribution in [-0.2, 0) is 0 Å². The van der Waals surface area contributed by atoms with Gasteiger partial charge in [0.2, 0.25) is 0 Å². The summed E-state index contributed by atoms with van der Waals surface area (Å²) in [7, 11) is 4.42. The Bertz CT molecular complexity index is 314. The van der Waals surface area contributed by atoms with Gasteiger partial charge in [0.25, 0.3) is 0 Å². The highest BCUT2D eigenvalue weighted by atomic mass is 15.2. The third kappa shape index (κ3) is 4.94. The van der Waals surface area contributed by atoms with Crippen LogP contribution in [0.1, 0.15) is 52.9 Å². The standard InChI is InChI=1S/C18H37N3/c1-6-19-17-9-10-18(2,3)12-15(17)13-21-11-7-8-16(21)14-20(4)5/h15-17,19H,6-14H2,1-5H3. The molecule has 2 rings (SSSR count). The first kappa shape index (κ1) is 17.2. The van der Waals surface area contributed by atoms with Gasteiger partial charge in [-0.15, -0.1) is 0 Å². The maximum absolute atomic E-state index is 3.76. The summed E-state index contributed by atoms with van der Waals surface area (Å²) in [4.78, 5) is 5.14. The summed E-state index contributed by atoms with van der Waals surface area (Å²) < 4.78 is 0. The number of hydrogen-bond donors (Lipinski definition) is 1. The topological polar surface area (TPSA) is 18.5 Å². The van der Waals surface area contributed by atoms with Crippen molar-refractivity contribution >= 4 is 0 Å². The van der Waals surface area contributed by atoms with Crippen LogP contribution in [0.4, 0.5) is 0 Å². The molecule has 1 N–H and O–H groups in total. The lowest BCUT2D eigenvalue weighted by molar-refractivity contribution is 0.0902. The lowest BCUT2D eigenvalue weighted by atomic mass is 9.69. The van der Waals surface area contributed by atoms with Gasteiger partial charge in [-0.05, 0) is 70.6 Å². The van der Waals surface area contributed by atoms with E-state index in [2.05, 4.69) is 50.0 Å². The van der Waals surface area contributed by atoms with E-state index in [0.29, 0.717) is 5.41 Å². The van der Waals surface area contributed by atoms with E-state index in [1.807, 2.05) is 0 Å². The van der Waals surface area contributed by atoms with Gasteiger partial charge < -0.3 is 10.2 Å². The molecule has 3 nitrogen and oxygen atoms in total. The van der Waals surface area contributed by atoms with E-state index in [0.717, 1.165) is 24.5 Å². The van der Waals surface area contributed by atoms with Crippen LogP contribution in [0.25, 0.3) is 0 Å². The number of nitrogens with one attached hydrogen (secondary N) is 1. The highest BCUT2D eigenvalue weighted by Crippen LogP contribution is 2.39. The molecule has 0 spiro atoms. The fourth-order valence-electron chi connectivity index (χ4n) is 4.52. The monoisotopic (exact) mass is 295 g/mol. The van der Waals surface area contributed by atoms with Crippen LogP contribution < -0.4 is 5.32 Å². The van der Waals surface area contributed by atoms with Crippen molar-refractivity contribution < 1.29 is 0 Å². The first-order chi connectivity index (χ1) is 9.91. The molecular weight excluding hydrogens is 258 g/mol. The number of likely N-dealkylation sites (N-methyl/N-ethyl adjacent to an activating group) is 1. The Morgan fingerprint density at radius 2 is 2.00 bits per heavy atom. The Morgan fingerprint density at radius 3 is 2.67 bits per heavy atom. The molecule has 0 aromatic carbocycles. The van der Waals surface area contributed by atoms with Crippen molar-refractivity contribution in [3.05, 3.63) is 0 Å². The zero-order valence-corrected chi connectivity index (χ0v) is 15.0. The van der Waals surface area contributed by atoms with E-state index in [1.54, 1.807) is 0 Å². The molecule has 3 atom stereocenters. The van der Waals surface area contributed by atoms with Gasteiger partial charge in [0.1, 0.15) is 0 Å². The minimum atomic E-state index is 0.535. The number of hydrogen-bond acceptors (Lipinski definition) is 3. The lowest BCUT2D eigenvalue weighted by Crippen LogP contribution is -2.49. The molecule has 0 amide bonds. The molecule has 2 aliphatic rings. The van der Waals surface area contributed by atoms with Gasteiger partial charge in [0.05, 0.1) is 0 Å². The normalized spacial score (nSPS) is 33.7. The first-order valence-electron chi connectivity index (χ1n) is 9.03.